The highest BCUT2D eigenvalue weighted by atomic mass is 32.1. The van der Waals surface area contributed by atoms with Gasteiger partial charge in [0.25, 0.3) is 0 Å². The van der Waals surface area contributed by atoms with Crippen molar-refractivity contribution in [2.45, 2.75) is 19.3 Å². The van der Waals surface area contributed by atoms with E-state index in [1.165, 1.54) is 81.0 Å². The number of rotatable bonds is 2. The third kappa shape index (κ3) is 3.06. The van der Waals surface area contributed by atoms with E-state index in [9.17, 15) is 0 Å². The van der Waals surface area contributed by atoms with Crippen LogP contribution in [-0.2, 0) is 5.41 Å². The van der Waals surface area contributed by atoms with E-state index >= 15 is 0 Å². The molecule has 0 radical (unpaired) electrons. The molecular weight excluding hydrogens is 515 g/mol. The molecule has 2 heteroatoms. The van der Waals surface area contributed by atoms with Gasteiger partial charge >= 0.3 is 0 Å². The molecule has 2 aromatic heterocycles. The van der Waals surface area contributed by atoms with Crippen LogP contribution in [0.4, 0.5) is 0 Å². The van der Waals surface area contributed by atoms with Crippen LogP contribution in [0.25, 0.3) is 69.9 Å². The van der Waals surface area contributed by atoms with Gasteiger partial charge < -0.3 is 4.57 Å². The van der Waals surface area contributed by atoms with E-state index in [1.807, 2.05) is 11.3 Å². The summed E-state index contributed by atoms with van der Waals surface area (Å²) in [6, 6.07) is 47.1. The Balaban J connectivity index is 1.39. The average molecular weight is 542 g/mol. The van der Waals surface area contributed by atoms with E-state index in [4.69, 9.17) is 0 Å². The maximum Gasteiger partial charge on any atom is 0.0640 e. The molecule has 9 rings (SSSR count). The summed E-state index contributed by atoms with van der Waals surface area (Å²) in [6.07, 6.45) is 0. The van der Waals surface area contributed by atoms with Crippen LogP contribution in [0.15, 0.2) is 127 Å². The van der Waals surface area contributed by atoms with Gasteiger partial charge in [-0.1, -0.05) is 117 Å². The van der Waals surface area contributed by atoms with Gasteiger partial charge in [0.15, 0.2) is 0 Å². The fourth-order valence-corrected chi connectivity index (χ4v) is 8.59. The van der Waals surface area contributed by atoms with Gasteiger partial charge in [0.1, 0.15) is 0 Å². The van der Waals surface area contributed by atoms with E-state index in [0.29, 0.717) is 0 Å². The Morgan fingerprint density at radius 3 is 2.05 bits per heavy atom. The van der Waals surface area contributed by atoms with Crippen molar-refractivity contribution in [1.29, 1.82) is 0 Å². The van der Waals surface area contributed by atoms with Crippen LogP contribution in [0.5, 0.6) is 0 Å². The second-order valence-electron chi connectivity index (χ2n) is 11.7. The van der Waals surface area contributed by atoms with Gasteiger partial charge in [-0.05, 0) is 57.6 Å². The number of para-hydroxylation sites is 1. The fraction of sp³-hybridized carbons (Fsp3) is 0.0769. The first-order chi connectivity index (χ1) is 20.1. The monoisotopic (exact) mass is 541 g/mol. The first-order valence-electron chi connectivity index (χ1n) is 14.3. The normalized spacial score (nSPS) is 13.8. The van der Waals surface area contributed by atoms with E-state index in [-0.39, 0.29) is 5.41 Å². The zero-order valence-electron chi connectivity index (χ0n) is 23.0. The number of nitrogens with zero attached hydrogens (tertiary/aromatic N) is 1. The molecule has 194 valence electrons. The molecule has 2 heterocycles. The Morgan fingerprint density at radius 1 is 0.488 bits per heavy atom. The Bertz CT molecular complexity index is 2330. The smallest absolute Gasteiger partial charge is 0.0640 e. The molecule has 0 fully saturated rings. The lowest BCUT2D eigenvalue weighted by Gasteiger charge is -2.21. The predicted octanol–water partition coefficient (Wildman–Crippen LogP) is 11.1. The summed E-state index contributed by atoms with van der Waals surface area (Å²) in [4.78, 5) is 0. The minimum atomic E-state index is -0.0460. The summed E-state index contributed by atoms with van der Waals surface area (Å²) in [6.45, 7) is 4.74. The Labute approximate surface area is 242 Å². The summed E-state index contributed by atoms with van der Waals surface area (Å²) >= 11 is 1.92. The van der Waals surface area contributed by atoms with E-state index < -0.39 is 0 Å². The molecule has 0 spiro atoms. The number of aromatic nitrogens is 1. The number of hydrogen-bond donors (Lipinski definition) is 0. The summed E-state index contributed by atoms with van der Waals surface area (Å²) < 4.78 is 5.19. The molecule has 41 heavy (non-hydrogen) atoms. The first-order valence-corrected chi connectivity index (χ1v) is 15.1. The van der Waals surface area contributed by atoms with Gasteiger partial charge in [-0.2, -0.15) is 0 Å². The van der Waals surface area contributed by atoms with Gasteiger partial charge in [0.2, 0.25) is 0 Å². The van der Waals surface area contributed by atoms with E-state index in [2.05, 4.69) is 146 Å². The highest BCUT2D eigenvalue weighted by Crippen LogP contribution is 2.51. The predicted molar refractivity (Wildman–Crippen MR) is 177 cm³/mol. The minimum absolute atomic E-state index is 0.0460. The Morgan fingerprint density at radius 2 is 1.17 bits per heavy atom. The summed E-state index contributed by atoms with van der Waals surface area (Å²) in [7, 11) is 0. The van der Waals surface area contributed by atoms with Crippen LogP contribution < -0.4 is 0 Å². The zero-order valence-corrected chi connectivity index (χ0v) is 23.8. The first kappa shape index (κ1) is 23.1. The molecule has 0 unspecified atom stereocenters. The third-order valence-electron chi connectivity index (χ3n) is 9.21. The number of hydrogen-bond acceptors (Lipinski definition) is 1. The second-order valence-corrected chi connectivity index (χ2v) is 12.8. The van der Waals surface area contributed by atoms with Crippen molar-refractivity contribution < 1.29 is 0 Å². The molecule has 0 N–H and O–H groups in total. The SMILES string of the molecule is CC1(C)c2ccccc2-c2cc3c4ccccc4n(-c4cccc5c4sc4c(-c6ccccc6)cccc45)c3cc21. The molecule has 0 saturated heterocycles. The summed E-state index contributed by atoms with van der Waals surface area (Å²) in [5.41, 5.74) is 11.9. The lowest BCUT2D eigenvalue weighted by atomic mass is 9.82. The topological polar surface area (TPSA) is 4.93 Å². The van der Waals surface area contributed by atoms with Gasteiger partial charge in [-0.15, -0.1) is 11.3 Å². The van der Waals surface area contributed by atoms with E-state index in [0.717, 1.165) is 0 Å². The van der Waals surface area contributed by atoms with Gasteiger partial charge in [-0.25, -0.2) is 0 Å². The lowest BCUT2D eigenvalue weighted by molar-refractivity contribution is 0.661. The molecule has 0 amide bonds. The van der Waals surface area contributed by atoms with Crippen LogP contribution >= 0.6 is 11.3 Å². The van der Waals surface area contributed by atoms with Gasteiger partial charge in [0, 0.05) is 31.7 Å². The Hall–Kier alpha value is -4.66. The van der Waals surface area contributed by atoms with E-state index in [1.54, 1.807) is 0 Å². The molecule has 1 aliphatic rings. The van der Waals surface area contributed by atoms with Crippen molar-refractivity contribution in [3.05, 3.63) is 139 Å². The summed E-state index contributed by atoms with van der Waals surface area (Å²) in [5.74, 6) is 0. The van der Waals surface area contributed by atoms with Crippen LogP contribution in [0.2, 0.25) is 0 Å². The van der Waals surface area contributed by atoms with Gasteiger partial charge in [0.05, 0.1) is 21.4 Å². The number of fused-ring (bicyclic) bond motifs is 9. The molecule has 0 bridgehead atoms. The molecule has 6 aromatic carbocycles. The van der Waals surface area contributed by atoms with Crippen molar-refractivity contribution in [2.24, 2.45) is 0 Å². The number of benzene rings is 6. The van der Waals surface area contributed by atoms with Crippen molar-refractivity contribution >= 4 is 53.3 Å². The molecular formula is C39H27NS. The zero-order chi connectivity index (χ0) is 27.3. The molecule has 0 aliphatic heterocycles. The van der Waals surface area contributed by atoms with Crippen molar-refractivity contribution in [3.8, 4) is 27.9 Å². The maximum atomic E-state index is 2.52. The fourth-order valence-electron chi connectivity index (χ4n) is 7.25. The summed E-state index contributed by atoms with van der Waals surface area (Å²) in [5, 5.41) is 5.26. The minimum Gasteiger partial charge on any atom is -0.308 e. The highest BCUT2D eigenvalue weighted by molar-refractivity contribution is 7.26. The maximum absolute atomic E-state index is 2.52. The quantitative estimate of drug-likeness (QED) is 0.205. The van der Waals surface area contributed by atoms with Gasteiger partial charge in [-0.3, -0.25) is 0 Å². The largest absolute Gasteiger partial charge is 0.308 e. The molecule has 1 aliphatic carbocycles. The molecule has 0 saturated carbocycles. The van der Waals surface area contributed by atoms with Crippen LogP contribution in [0, 0.1) is 0 Å². The van der Waals surface area contributed by atoms with Crippen molar-refractivity contribution in [1.82, 2.24) is 4.57 Å². The van der Waals surface area contributed by atoms with Crippen LogP contribution in [0.1, 0.15) is 25.0 Å². The van der Waals surface area contributed by atoms with Crippen LogP contribution in [-0.4, -0.2) is 4.57 Å². The standard InChI is InChI=1S/C39H27NS/c1-39(2)32-19-8-6-14-26(32)30-22-31-27-15-7-9-20-34(27)40(36(31)23-33(30)39)35-21-11-18-29-28-17-10-16-25(37(28)41-38(29)35)24-12-4-3-5-13-24/h3-23H,1-2H3. The molecule has 0 atom stereocenters. The number of thiophene rings is 1. The lowest BCUT2D eigenvalue weighted by Crippen LogP contribution is -2.14. The highest BCUT2D eigenvalue weighted by Gasteiger charge is 2.36. The van der Waals surface area contributed by atoms with Crippen molar-refractivity contribution in [3.63, 3.8) is 0 Å². The van der Waals surface area contributed by atoms with Crippen LogP contribution in [0.3, 0.4) is 0 Å². The van der Waals surface area contributed by atoms with Crippen molar-refractivity contribution in [2.75, 3.05) is 0 Å². The molecule has 8 aromatic rings. The third-order valence-corrected chi connectivity index (χ3v) is 10.5. The Kier molecular flexibility index (Phi) is 4.61. The average Bonchev–Trinajstić information content (AvgIpc) is 3.63. The molecule has 1 nitrogen and oxygen atoms in total. The second kappa shape index (κ2) is 8.19.